The molecule has 1 saturated carbocycles. The molecular formula is C26H29N3O2. The van der Waals surface area contributed by atoms with Gasteiger partial charge in [-0.1, -0.05) is 43.3 Å². The number of aromatic nitrogens is 1. The molecule has 31 heavy (non-hydrogen) atoms. The van der Waals surface area contributed by atoms with Crippen molar-refractivity contribution >= 4 is 28.6 Å². The molecule has 2 aliphatic rings. The van der Waals surface area contributed by atoms with E-state index in [4.69, 9.17) is 15.1 Å². The second kappa shape index (κ2) is 8.31. The summed E-state index contributed by atoms with van der Waals surface area (Å²) in [4.78, 5) is 9.31. The summed E-state index contributed by atoms with van der Waals surface area (Å²) in [6.07, 6.45) is 10.9. The summed E-state index contributed by atoms with van der Waals surface area (Å²) in [5.74, 6) is 2.36. The second-order valence-electron chi connectivity index (χ2n) is 8.94. The number of nitrogens with zero attached hydrogens (tertiary/aromatic N) is 2. The molecule has 1 aromatic carbocycles. The lowest BCUT2D eigenvalue weighted by molar-refractivity contribution is 0.0892. The van der Waals surface area contributed by atoms with Crippen molar-refractivity contribution in [1.29, 1.82) is 0 Å². The van der Waals surface area contributed by atoms with Crippen molar-refractivity contribution in [2.75, 3.05) is 5.73 Å². The molecule has 3 N–H and O–H groups in total. The zero-order valence-electron chi connectivity index (χ0n) is 17.9. The highest BCUT2D eigenvalue weighted by Crippen LogP contribution is 2.37. The molecule has 1 aliphatic heterocycles. The van der Waals surface area contributed by atoms with Crippen LogP contribution in [0.2, 0.25) is 0 Å². The number of dihydropyridines is 1. The molecule has 0 saturated heterocycles. The number of furan rings is 1. The van der Waals surface area contributed by atoms with Crippen LogP contribution in [0, 0.1) is 11.8 Å². The van der Waals surface area contributed by atoms with Crippen molar-refractivity contribution in [2.24, 2.45) is 16.8 Å². The average molecular weight is 416 g/mol. The normalized spacial score (nSPS) is 24.8. The van der Waals surface area contributed by atoms with Crippen molar-refractivity contribution in [3.05, 3.63) is 54.2 Å². The van der Waals surface area contributed by atoms with Crippen LogP contribution in [0.1, 0.15) is 44.6 Å². The minimum Gasteiger partial charge on any atom is -0.452 e. The predicted molar refractivity (Wildman–Crippen MR) is 126 cm³/mol. The number of allylic oxidation sites excluding steroid dienone is 1. The Morgan fingerprint density at radius 1 is 1.13 bits per heavy atom. The first kappa shape index (κ1) is 20.0. The van der Waals surface area contributed by atoms with Crippen molar-refractivity contribution in [3.63, 3.8) is 0 Å². The van der Waals surface area contributed by atoms with Gasteiger partial charge in [-0.3, -0.25) is 4.99 Å². The van der Waals surface area contributed by atoms with Crippen molar-refractivity contribution in [3.8, 4) is 11.3 Å². The van der Waals surface area contributed by atoms with Gasteiger partial charge in [-0.15, -0.1) is 0 Å². The molecule has 3 aromatic rings. The van der Waals surface area contributed by atoms with Gasteiger partial charge in [0.15, 0.2) is 11.4 Å². The number of aliphatic hydroxyl groups excluding tert-OH is 1. The molecule has 5 nitrogen and oxygen atoms in total. The molecule has 2 unspecified atom stereocenters. The Morgan fingerprint density at radius 3 is 2.61 bits per heavy atom. The number of nitrogens with two attached hydrogens (primary N) is 1. The van der Waals surface area contributed by atoms with Gasteiger partial charge in [-0.05, 0) is 55.6 Å². The first-order chi connectivity index (χ1) is 15.1. The van der Waals surface area contributed by atoms with Crippen molar-refractivity contribution in [2.45, 2.75) is 51.2 Å². The number of aliphatic hydroxyl groups is 1. The van der Waals surface area contributed by atoms with E-state index in [9.17, 15) is 5.11 Å². The number of hydrogen-bond acceptors (Lipinski definition) is 5. The van der Waals surface area contributed by atoms with Crippen LogP contribution in [-0.4, -0.2) is 28.5 Å². The van der Waals surface area contributed by atoms with E-state index in [-0.39, 0.29) is 6.10 Å². The quantitative estimate of drug-likeness (QED) is 0.590. The average Bonchev–Trinajstić information content (AvgIpc) is 3.27. The van der Waals surface area contributed by atoms with Crippen LogP contribution in [0.25, 0.3) is 27.9 Å². The Bertz CT molecular complexity index is 1120. The highest BCUT2D eigenvalue weighted by Gasteiger charge is 2.29. The zero-order valence-corrected chi connectivity index (χ0v) is 17.9. The highest BCUT2D eigenvalue weighted by atomic mass is 16.3. The van der Waals surface area contributed by atoms with Gasteiger partial charge in [0.25, 0.3) is 0 Å². The molecule has 1 aliphatic carbocycles. The minimum atomic E-state index is -0.110. The fourth-order valence-electron chi connectivity index (χ4n) is 5.03. The van der Waals surface area contributed by atoms with E-state index in [2.05, 4.69) is 24.1 Å². The van der Waals surface area contributed by atoms with Gasteiger partial charge < -0.3 is 15.3 Å². The van der Waals surface area contributed by atoms with Gasteiger partial charge in [-0.2, -0.15) is 0 Å². The summed E-state index contributed by atoms with van der Waals surface area (Å²) in [5.41, 5.74) is 9.84. The fraction of sp³-hybridized carbons (Fsp3) is 0.385. The summed E-state index contributed by atoms with van der Waals surface area (Å²) in [6, 6.07) is 12.4. The number of aliphatic imine (C=N–C) groups is 1. The molecule has 5 rings (SSSR count). The number of fused-ring (bicyclic) bond motifs is 1. The lowest BCUT2D eigenvalue weighted by Gasteiger charge is -2.34. The van der Waals surface area contributed by atoms with Gasteiger partial charge in [0.05, 0.1) is 12.1 Å². The molecule has 0 amide bonds. The maximum Gasteiger partial charge on any atom is 0.177 e. The number of hydrogen-bond donors (Lipinski definition) is 2. The Hall–Kier alpha value is -2.92. The maximum absolute atomic E-state index is 9.80. The third kappa shape index (κ3) is 3.90. The van der Waals surface area contributed by atoms with Gasteiger partial charge in [0, 0.05) is 28.9 Å². The maximum atomic E-state index is 9.80. The molecule has 5 heteroatoms. The van der Waals surface area contributed by atoms with Gasteiger partial charge in [0.2, 0.25) is 0 Å². The Labute approximate surface area is 182 Å². The van der Waals surface area contributed by atoms with Crippen LogP contribution in [-0.2, 0) is 0 Å². The number of nitrogen functional groups attached to an aromatic ring is 1. The zero-order chi connectivity index (χ0) is 21.4. The van der Waals surface area contributed by atoms with Crippen LogP contribution in [0.4, 0.5) is 5.82 Å². The molecule has 2 atom stereocenters. The molecule has 2 aromatic heterocycles. The molecule has 0 bridgehead atoms. The van der Waals surface area contributed by atoms with E-state index < -0.39 is 0 Å². The van der Waals surface area contributed by atoms with Gasteiger partial charge in [0.1, 0.15) is 5.76 Å². The van der Waals surface area contributed by atoms with Crippen molar-refractivity contribution in [1.82, 2.24) is 4.98 Å². The number of anilines is 1. The summed E-state index contributed by atoms with van der Waals surface area (Å²) >= 11 is 0. The second-order valence-corrected chi connectivity index (χ2v) is 8.94. The summed E-state index contributed by atoms with van der Waals surface area (Å²) in [5, 5.41) is 10.8. The molecule has 0 radical (unpaired) electrons. The standard InChI is InChI=1S/C26H29N3O2/c1-16(17-7-10-20(30)11-8-17)23-12-9-19(14-28-23)22-15-29-26(27)25-21(22)13-24(31-25)18-5-3-2-4-6-18/h2-6,9,13-17,20,23,30H,7-8,10-12H2,1H3,(H2,27,29). The van der Waals surface area contributed by atoms with E-state index in [1.54, 1.807) is 0 Å². The smallest absolute Gasteiger partial charge is 0.177 e. The highest BCUT2D eigenvalue weighted by molar-refractivity contribution is 6.15. The first-order valence-electron chi connectivity index (χ1n) is 11.3. The lowest BCUT2D eigenvalue weighted by atomic mass is 9.75. The lowest BCUT2D eigenvalue weighted by Crippen LogP contribution is -2.30. The SMILES string of the molecule is CC(C1CCC(O)CC1)C1CC=C(c2cnc(N)c3oc(-c4ccccc4)cc23)C=N1. The predicted octanol–water partition coefficient (Wildman–Crippen LogP) is 5.49. The fourth-order valence-corrected chi connectivity index (χ4v) is 5.03. The third-order valence-corrected chi connectivity index (χ3v) is 7.03. The Balaban J connectivity index is 1.40. The topological polar surface area (TPSA) is 84.6 Å². The van der Waals surface area contributed by atoms with Gasteiger partial charge >= 0.3 is 0 Å². The minimum absolute atomic E-state index is 0.110. The Morgan fingerprint density at radius 2 is 1.90 bits per heavy atom. The van der Waals surface area contributed by atoms with Crippen LogP contribution in [0.3, 0.4) is 0 Å². The summed E-state index contributed by atoms with van der Waals surface area (Å²) in [6.45, 7) is 2.31. The van der Waals surface area contributed by atoms with E-state index in [1.165, 1.54) is 0 Å². The first-order valence-corrected chi connectivity index (χ1v) is 11.3. The van der Waals surface area contributed by atoms with Crippen molar-refractivity contribution < 1.29 is 9.52 Å². The van der Waals surface area contributed by atoms with E-state index in [0.29, 0.717) is 29.3 Å². The Kier molecular flexibility index (Phi) is 5.36. The molecular weight excluding hydrogens is 386 g/mol. The van der Waals surface area contributed by atoms with Crippen LogP contribution < -0.4 is 5.73 Å². The van der Waals surface area contributed by atoms with Crippen LogP contribution in [0.15, 0.2) is 58.1 Å². The molecule has 0 spiro atoms. The molecule has 1 fully saturated rings. The van der Waals surface area contributed by atoms with E-state index in [1.807, 2.05) is 42.7 Å². The largest absolute Gasteiger partial charge is 0.452 e. The van der Waals surface area contributed by atoms with Gasteiger partial charge in [-0.25, -0.2) is 4.98 Å². The monoisotopic (exact) mass is 415 g/mol. The summed E-state index contributed by atoms with van der Waals surface area (Å²) in [7, 11) is 0. The third-order valence-electron chi connectivity index (χ3n) is 7.03. The van der Waals surface area contributed by atoms with E-state index in [0.717, 1.165) is 60.0 Å². The van der Waals surface area contributed by atoms with Crippen LogP contribution in [0.5, 0.6) is 0 Å². The van der Waals surface area contributed by atoms with Crippen LogP contribution >= 0.6 is 0 Å². The van der Waals surface area contributed by atoms with E-state index >= 15 is 0 Å². The molecule has 160 valence electrons. The molecule has 3 heterocycles. The number of rotatable bonds is 4. The summed E-state index contributed by atoms with van der Waals surface area (Å²) < 4.78 is 6.08. The number of benzene rings is 1. The number of pyridine rings is 1.